The third-order valence-electron chi connectivity index (χ3n) is 2.75. The van der Waals surface area contributed by atoms with Gasteiger partial charge in [0.2, 0.25) is 8.32 Å². The van der Waals surface area contributed by atoms with Crippen LogP contribution in [0.5, 0.6) is 5.75 Å². The van der Waals surface area contributed by atoms with Gasteiger partial charge in [0.15, 0.2) is 0 Å². The van der Waals surface area contributed by atoms with Gasteiger partial charge in [-0.1, -0.05) is 6.07 Å². The maximum absolute atomic E-state index is 6.15. The lowest BCUT2D eigenvalue weighted by atomic mass is 10.2. The summed E-state index contributed by atoms with van der Waals surface area (Å²) in [6.45, 7) is 10.5. The molecule has 1 heterocycles. The van der Waals surface area contributed by atoms with E-state index in [1.165, 1.54) is 5.56 Å². The van der Waals surface area contributed by atoms with E-state index in [-0.39, 0.29) is 0 Å². The Bertz CT molecular complexity index is 648. The fourth-order valence-corrected chi connectivity index (χ4v) is 2.67. The molecule has 0 aliphatic heterocycles. The van der Waals surface area contributed by atoms with Crippen LogP contribution in [0.25, 0.3) is 0 Å². The van der Waals surface area contributed by atoms with Crippen molar-refractivity contribution in [1.82, 2.24) is 9.97 Å². The molecule has 5 heteroatoms. The molecule has 1 aromatic heterocycles. The number of nitrogens with zero attached hydrogens (tertiary/aromatic N) is 3. The van der Waals surface area contributed by atoms with E-state index >= 15 is 0 Å². The minimum atomic E-state index is -1.68. The van der Waals surface area contributed by atoms with E-state index in [1.807, 2.05) is 25.1 Å². The topological polar surface area (TPSA) is 47.4 Å². The van der Waals surface area contributed by atoms with Gasteiger partial charge in [-0.15, -0.1) is 0 Å². The van der Waals surface area contributed by atoms with E-state index in [0.29, 0.717) is 0 Å². The summed E-state index contributed by atoms with van der Waals surface area (Å²) in [4.78, 5) is 13.0. The Kier molecular flexibility index (Phi) is 4.52. The molecule has 0 saturated heterocycles. The van der Waals surface area contributed by atoms with Crippen molar-refractivity contribution in [3.05, 3.63) is 48.0 Å². The van der Waals surface area contributed by atoms with Crippen LogP contribution in [0.1, 0.15) is 18.2 Å². The van der Waals surface area contributed by atoms with E-state index < -0.39 is 8.32 Å². The van der Waals surface area contributed by atoms with Crippen molar-refractivity contribution in [2.24, 2.45) is 4.99 Å². The largest absolute Gasteiger partial charge is 0.543 e. The van der Waals surface area contributed by atoms with E-state index in [0.717, 1.165) is 22.8 Å². The lowest BCUT2D eigenvalue weighted by molar-refractivity contribution is 0.558. The second-order valence-electron chi connectivity index (χ2n) is 5.97. The smallest absolute Gasteiger partial charge is 0.242 e. The zero-order valence-corrected chi connectivity index (χ0v) is 14.2. The van der Waals surface area contributed by atoms with Crippen LogP contribution in [0, 0.1) is 6.92 Å². The highest BCUT2D eigenvalue weighted by Crippen LogP contribution is 2.31. The SMILES string of the molecule is CC(=Nc1ccc(C)cc1O[Si](C)(C)C)c1cnccn1. The molecule has 2 rings (SSSR count). The number of hydrogen-bond donors (Lipinski definition) is 0. The molecule has 0 atom stereocenters. The molecular formula is C16H21N3OSi. The molecule has 4 nitrogen and oxygen atoms in total. The lowest BCUT2D eigenvalue weighted by Crippen LogP contribution is -2.29. The maximum atomic E-state index is 6.15. The summed E-state index contributed by atoms with van der Waals surface area (Å²) in [5.41, 5.74) is 3.61. The van der Waals surface area contributed by atoms with Crippen molar-refractivity contribution < 1.29 is 4.43 Å². The molecular weight excluding hydrogens is 278 g/mol. The average Bonchev–Trinajstić information content (AvgIpc) is 2.41. The van der Waals surface area contributed by atoms with Crippen LogP contribution in [0.3, 0.4) is 0 Å². The number of rotatable bonds is 4. The highest BCUT2D eigenvalue weighted by Gasteiger charge is 2.18. The van der Waals surface area contributed by atoms with Crippen LogP contribution in [0.4, 0.5) is 5.69 Å². The second kappa shape index (κ2) is 6.18. The number of aryl methyl sites for hydroxylation is 1. The van der Waals surface area contributed by atoms with Gasteiger partial charge in [-0.2, -0.15) is 0 Å². The van der Waals surface area contributed by atoms with Gasteiger partial charge in [0.25, 0.3) is 0 Å². The minimum absolute atomic E-state index is 0.775. The van der Waals surface area contributed by atoms with Gasteiger partial charge < -0.3 is 4.43 Å². The van der Waals surface area contributed by atoms with Gasteiger partial charge in [-0.25, -0.2) is 4.99 Å². The Balaban J connectivity index is 2.40. The van der Waals surface area contributed by atoms with Crippen molar-refractivity contribution in [3.8, 4) is 5.75 Å². The predicted molar refractivity (Wildman–Crippen MR) is 89.1 cm³/mol. The van der Waals surface area contributed by atoms with Crippen LogP contribution in [-0.4, -0.2) is 24.0 Å². The van der Waals surface area contributed by atoms with Crippen molar-refractivity contribution in [2.75, 3.05) is 0 Å². The first-order valence-corrected chi connectivity index (χ1v) is 10.4. The second-order valence-corrected chi connectivity index (χ2v) is 10.4. The highest BCUT2D eigenvalue weighted by molar-refractivity contribution is 6.70. The summed E-state index contributed by atoms with van der Waals surface area (Å²) in [6, 6.07) is 6.07. The van der Waals surface area contributed by atoms with Crippen molar-refractivity contribution >= 4 is 19.7 Å². The quantitative estimate of drug-likeness (QED) is 0.629. The molecule has 21 heavy (non-hydrogen) atoms. The number of aromatic nitrogens is 2. The van der Waals surface area contributed by atoms with E-state index in [1.54, 1.807) is 18.6 Å². The fourth-order valence-electron chi connectivity index (χ4n) is 1.85. The lowest BCUT2D eigenvalue weighted by Gasteiger charge is -2.21. The summed E-state index contributed by atoms with van der Waals surface area (Å²) in [5, 5.41) is 0. The van der Waals surface area contributed by atoms with Gasteiger partial charge in [-0.05, 0) is 51.2 Å². The standard InChI is InChI=1S/C16H21N3OSi/c1-12-6-7-14(16(10-12)20-21(3,4)5)19-13(2)15-11-17-8-9-18-15/h6-11H,1-5H3. The molecule has 1 aromatic carbocycles. The fraction of sp³-hybridized carbons (Fsp3) is 0.312. The maximum Gasteiger partial charge on any atom is 0.242 e. The molecule has 0 radical (unpaired) electrons. The Hall–Kier alpha value is -2.01. The number of aliphatic imine (C=N–C) groups is 1. The van der Waals surface area contributed by atoms with Crippen molar-refractivity contribution in [2.45, 2.75) is 33.5 Å². The summed E-state index contributed by atoms with van der Waals surface area (Å²) < 4.78 is 6.15. The van der Waals surface area contributed by atoms with Crippen LogP contribution < -0.4 is 4.43 Å². The molecule has 0 N–H and O–H groups in total. The van der Waals surface area contributed by atoms with Gasteiger partial charge >= 0.3 is 0 Å². The van der Waals surface area contributed by atoms with E-state index in [2.05, 4.69) is 41.5 Å². The summed E-state index contributed by atoms with van der Waals surface area (Å²) in [7, 11) is -1.68. The normalized spacial score (nSPS) is 12.3. The van der Waals surface area contributed by atoms with Gasteiger partial charge in [0, 0.05) is 12.4 Å². The van der Waals surface area contributed by atoms with Gasteiger partial charge in [-0.3, -0.25) is 9.97 Å². The summed E-state index contributed by atoms with van der Waals surface area (Å²) in [6.07, 6.45) is 5.04. The monoisotopic (exact) mass is 299 g/mol. The summed E-state index contributed by atoms with van der Waals surface area (Å²) >= 11 is 0. The first kappa shape index (κ1) is 15.4. The Morgan fingerprint density at radius 3 is 2.57 bits per heavy atom. The molecule has 0 amide bonds. The van der Waals surface area contributed by atoms with Crippen LogP contribution in [-0.2, 0) is 0 Å². The Labute approximate surface area is 127 Å². The first-order valence-electron chi connectivity index (χ1n) is 6.96. The number of hydrogen-bond acceptors (Lipinski definition) is 4. The third kappa shape index (κ3) is 4.49. The highest BCUT2D eigenvalue weighted by atomic mass is 28.4. The molecule has 2 aromatic rings. The first-order chi connectivity index (χ1) is 9.85. The molecule has 0 saturated carbocycles. The van der Waals surface area contributed by atoms with Gasteiger partial charge in [0.05, 0.1) is 11.9 Å². The van der Waals surface area contributed by atoms with Crippen molar-refractivity contribution in [1.29, 1.82) is 0 Å². The van der Waals surface area contributed by atoms with Crippen LogP contribution >= 0.6 is 0 Å². The average molecular weight is 299 g/mol. The summed E-state index contributed by atoms with van der Waals surface area (Å²) in [5.74, 6) is 0.845. The predicted octanol–water partition coefficient (Wildman–Crippen LogP) is 4.14. The van der Waals surface area contributed by atoms with Crippen LogP contribution in [0.2, 0.25) is 19.6 Å². The third-order valence-corrected chi connectivity index (χ3v) is 3.59. The molecule has 0 aliphatic rings. The molecule has 0 spiro atoms. The Morgan fingerprint density at radius 1 is 1.19 bits per heavy atom. The minimum Gasteiger partial charge on any atom is -0.543 e. The molecule has 0 fully saturated rings. The zero-order valence-electron chi connectivity index (χ0n) is 13.2. The molecule has 0 unspecified atom stereocenters. The Morgan fingerprint density at radius 2 is 1.95 bits per heavy atom. The van der Waals surface area contributed by atoms with Crippen molar-refractivity contribution in [3.63, 3.8) is 0 Å². The molecule has 110 valence electrons. The molecule has 0 bridgehead atoms. The number of benzene rings is 1. The van der Waals surface area contributed by atoms with Gasteiger partial charge in [0.1, 0.15) is 17.1 Å². The van der Waals surface area contributed by atoms with E-state index in [9.17, 15) is 0 Å². The van der Waals surface area contributed by atoms with Crippen LogP contribution in [0.15, 0.2) is 41.8 Å². The zero-order chi connectivity index (χ0) is 15.5. The van der Waals surface area contributed by atoms with E-state index in [4.69, 9.17) is 4.43 Å². The molecule has 0 aliphatic carbocycles.